The molecule has 0 spiro atoms. The lowest BCUT2D eigenvalue weighted by molar-refractivity contribution is 0.328. The molecule has 2 rings (SSSR count). The quantitative estimate of drug-likeness (QED) is 0.690. The average molecular weight is 351 g/mol. The molecule has 0 saturated heterocycles. The third-order valence-corrected chi connectivity index (χ3v) is 4.79. The Balaban J connectivity index is 2.08. The van der Waals surface area contributed by atoms with Crippen LogP contribution in [0.2, 0.25) is 10.0 Å². The molecule has 1 atom stereocenters. The van der Waals surface area contributed by atoms with Crippen molar-refractivity contribution in [2.75, 3.05) is 5.32 Å². The number of benzene rings is 1. The van der Waals surface area contributed by atoms with Crippen LogP contribution in [0.1, 0.15) is 39.0 Å². The molecular weight excluding hydrogens is 333 g/mol. The van der Waals surface area contributed by atoms with Crippen molar-refractivity contribution in [1.82, 2.24) is 0 Å². The fraction of sp³-hybridized carbons (Fsp3) is 0.571. The Kier molecular flexibility index (Phi) is 5.23. The summed E-state index contributed by atoms with van der Waals surface area (Å²) in [6.07, 6.45) is 6.68. The van der Waals surface area contributed by atoms with E-state index in [0.29, 0.717) is 16.1 Å². The van der Waals surface area contributed by atoms with Crippen LogP contribution in [0.5, 0.6) is 0 Å². The maximum absolute atomic E-state index is 6.24. The van der Waals surface area contributed by atoms with Crippen molar-refractivity contribution in [2.24, 2.45) is 5.92 Å². The molecule has 1 nitrogen and oxygen atoms in total. The summed E-state index contributed by atoms with van der Waals surface area (Å²) in [7, 11) is 0. The molecule has 1 saturated carbocycles. The summed E-state index contributed by atoms with van der Waals surface area (Å²) >= 11 is 15.9. The first kappa shape index (κ1) is 14.5. The smallest absolute Gasteiger partial charge is 0.0721 e. The van der Waals surface area contributed by atoms with Gasteiger partial charge in [-0.3, -0.25) is 0 Å². The molecule has 0 aliphatic heterocycles. The van der Waals surface area contributed by atoms with Crippen molar-refractivity contribution in [3.05, 3.63) is 26.7 Å². The van der Waals surface area contributed by atoms with Gasteiger partial charge < -0.3 is 5.32 Å². The van der Waals surface area contributed by atoms with Crippen LogP contribution in [0.25, 0.3) is 0 Å². The monoisotopic (exact) mass is 349 g/mol. The summed E-state index contributed by atoms with van der Waals surface area (Å²) in [4.78, 5) is 0. The zero-order valence-corrected chi connectivity index (χ0v) is 13.6. The number of hydrogen-bond acceptors (Lipinski definition) is 1. The van der Waals surface area contributed by atoms with Crippen molar-refractivity contribution >= 4 is 44.8 Å². The number of nitrogens with one attached hydrogen (secondary N) is 1. The van der Waals surface area contributed by atoms with Crippen LogP contribution in [0.3, 0.4) is 0 Å². The summed E-state index contributed by atoms with van der Waals surface area (Å²) in [6, 6.07) is 4.17. The minimum Gasteiger partial charge on any atom is -0.380 e. The van der Waals surface area contributed by atoms with Crippen LogP contribution in [0, 0.1) is 5.92 Å². The third-order valence-electron chi connectivity index (χ3n) is 3.74. The first-order chi connectivity index (χ1) is 8.58. The Labute approximate surface area is 127 Å². The van der Waals surface area contributed by atoms with E-state index < -0.39 is 0 Å². The highest BCUT2D eigenvalue weighted by atomic mass is 79.9. The number of anilines is 1. The molecule has 1 N–H and O–H groups in total. The molecule has 1 aliphatic rings. The molecule has 1 unspecified atom stereocenters. The van der Waals surface area contributed by atoms with Crippen LogP contribution in [-0.4, -0.2) is 6.04 Å². The highest BCUT2D eigenvalue weighted by Crippen LogP contribution is 2.36. The lowest BCUT2D eigenvalue weighted by Crippen LogP contribution is -2.27. The van der Waals surface area contributed by atoms with Gasteiger partial charge in [-0.1, -0.05) is 58.4 Å². The maximum Gasteiger partial charge on any atom is 0.0721 e. The fourth-order valence-electron chi connectivity index (χ4n) is 2.66. The zero-order chi connectivity index (χ0) is 13.1. The molecule has 100 valence electrons. The van der Waals surface area contributed by atoms with Crippen molar-refractivity contribution in [1.29, 1.82) is 0 Å². The molecule has 0 bridgehead atoms. The second-order valence-corrected chi connectivity index (χ2v) is 6.81. The van der Waals surface area contributed by atoms with E-state index in [1.807, 2.05) is 12.1 Å². The second kappa shape index (κ2) is 6.49. The van der Waals surface area contributed by atoms with Crippen molar-refractivity contribution < 1.29 is 0 Å². The van der Waals surface area contributed by atoms with E-state index in [1.54, 1.807) is 0 Å². The van der Waals surface area contributed by atoms with Crippen LogP contribution in [0.15, 0.2) is 16.6 Å². The van der Waals surface area contributed by atoms with E-state index in [0.717, 1.165) is 16.1 Å². The lowest BCUT2D eigenvalue weighted by atomic mass is 9.84. The Bertz CT molecular complexity index is 393. The molecule has 0 heterocycles. The highest BCUT2D eigenvalue weighted by molar-refractivity contribution is 9.10. The molecule has 1 aromatic carbocycles. The second-order valence-electron chi connectivity index (χ2n) is 5.08. The summed E-state index contributed by atoms with van der Waals surface area (Å²) in [6.45, 7) is 2.23. The molecule has 0 radical (unpaired) electrons. The minimum absolute atomic E-state index is 0.418. The normalized spacial score (nSPS) is 18.7. The van der Waals surface area contributed by atoms with Crippen LogP contribution in [-0.2, 0) is 0 Å². The topological polar surface area (TPSA) is 12.0 Å². The van der Waals surface area contributed by atoms with Gasteiger partial charge in [-0.05, 0) is 37.8 Å². The predicted molar refractivity (Wildman–Crippen MR) is 83.8 cm³/mol. The Morgan fingerprint density at radius 3 is 2.28 bits per heavy atom. The van der Waals surface area contributed by atoms with E-state index in [1.165, 1.54) is 32.1 Å². The van der Waals surface area contributed by atoms with Crippen LogP contribution >= 0.6 is 39.1 Å². The van der Waals surface area contributed by atoms with Gasteiger partial charge >= 0.3 is 0 Å². The summed E-state index contributed by atoms with van der Waals surface area (Å²) < 4.78 is 0.911. The molecule has 18 heavy (non-hydrogen) atoms. The van der Waals surface area contributed by atoms with Gasteiger partial charge in [-0.2, -0.15) is 0 Å². The van der Waals surface area contributed by atoms with E-state index in [2.05, 4.69) is 28.2 Å². The lowest BCUT2D eigenvalue weighted by Gasteiger charge is -2.29. The summed E-state index contributed by atoms with van der Waals surface area (Å²) in [5, 5.41) is 4.85. The van der Waals surface area contributed by atoms with Gasteiger partial charge in [0.05, 0.1) is 15.7 Å². The minimum atomic E-state index is 0.418. The van der Waals surface area contributed by atoms with Gasteiger partial charge in [-0.25, -0.2) is 0 Å². The molecular formula is C14H18BrCl2N. The molecule has 1 aliphatic carbocycles. The van der Waals surface area contributed by atoms with Crippen molar-refractivity contribution in [3.63, 3.8) is 0 Å². The zero-order valence-electron chi connectivity index (χ0n) is 10.5. The van der Waals surface area contributed by atoms with E-state index in [9.17, 15) is 0 Å². The van der Waals surface area contributed by atoms with Crippen molar-refractivity contribution in [3.8, 4) is 0 Å². The SMILES string of the molecule is CC(Nc1c(Cl)cc(Br)cc1Cl)C1CCCCC1. The van der Waals surface area contributed by atoms with Gasteiger partial charge in [0, 0.05) is 10.5 Å². The summed E-state index contributed by atoms with van der Waals surface area (Å²) in [5.41, 5.74) is 0.861. The van der Waals surface area contributed by atoms with Gasteiger partial charge in [0.2, 0.25) is 0 Å². The Morgan fingerprint density at radius 2 is 1.72 bits per heavy atom. The largest absolute Gasteiger partial charge is 0.380 e. The first-order valence-electron chi connectivity index (χ1n) is 6.49. The highest BCUT2D eigenvalue weighted by Gasteiger charge is 2.21. The molecule has 1 fully saturated rings. The Morgan fingerprint density at radius 1 is 1.17 bits per heavy atom. The van der Waals surface area contributed by atoms with Gasteiger partial charge in [0.15, 0.2) is 0 Å². The third kappa shape index (κ3) is 3.55. The average Bonchev–Trinajstić information content (AvgIpc) is 2.34. The Hall–Kier alpha value is 0.0800. The van der Waals surface area contributed by atoms with E-state index >= 15 is 0 Å². The summed E-state index contributed by atoms with van der Waals surface area (Å²) in [5.74, 6) is 0.731. The number of hydrogen-bond donors (Lipinski definition) is 1. The number of rotatable bonds is 3. The van der Waals surface area contributed by atoms with Crippen LogP contribution < -0.4 is 5.32 Å². The maximum atomic E-state index is 6.24. The van der Waals surface area contributed by atoms with E-state index in [4.69, 9.17) is 23.2 Å². The predicted octanol–water partition coefficient (Wildman–Crippen LogP) is 6.14. The number of halogens is 3. The van der Waals surface area contributed by atoms with Gasteiger partial charge in [0.25, 0.3) is 0 Å². The standard InChI is InChI=1S/C14H18BrCl2N/c1-9(10-5-3-2-4-6-10)18-14-12(16)7-11(15)8-13(14)17/h7-10,18H,2-6H2,1H3. The van der Waals surface area contributed by atoms with Gasteiger partial charge in [-0.15, -0.1) is 0 Å². The molecule has 0 aromatic heterocycles. The molecule has 1 aromatic rings. The van der Waals surface area contributed by atoms with Crippen molar-refractivity contribution in [2.45, 2.75) is 45.1 Å². The molecule has 0 amide bonds. The molecule has 4 heteroatoms. The van der Waals surface area contributed by atoms with Gasteiger partial charge in [0.1, 0.15) is 0 Å². The van der Waals surface area contributed by atoms with E-state index in [-0.39, 0.29) is 0 Å². The van der Waals surface area contributed by atoms with Crippen LogP contribution in [0.4, 0.5) is 5.69 Å². The first-order valence-corrected chi connectivity index (χ1v) is 8.04. The fourth-order valence-corrected chi connectivity index (χ4v) is 3.98.